The van der Waals surface area contributed by atoms with Crippen molar-refractivity contribution in [1.29, 1.82) is 0 Å². The van der Waals surface area contributed by atoms with E-state index in [2.05, 4.69) is 25.9 Å². The number of H-pyrrole nitrogens is 1. The minimum atomic E-state index is -0.976. The second-order valence-corrected chi connectivity index (χ2v) is 9.50. The van der Waals surface area contributed by atoms with Crippen LogP contribution in [0, 0.1) is 5.92 Å². The molecule has 36 heavy (non-hydrogen) atoms. The van der Waals surface area contributed by atoms with Crippen LogP contribution >= 0.6 is 0 Å². The summed E-state index contributed by atoms with van der Waals surface area (Å²) in [5.41, 5.74) is 2.29. The Morgan fingerprint density at radius 3 is 2.69 bits per heavy atom. The smallest absolute Gasteiger partial charge is 0.319 e. The van der Waals surface area contributed by atoms with Crippen molar-refractivity contribution in [3.05, 3.63) is 77.9 Å². The van der Waals surface area contributed by atoms with Gasteiger partial charge in [0.25, 0.3) is 0 Å². The van der Waals surface area contributed by atoms with Crippen molar-refractivity contribution in [3.63, 3.8) is 0 Å². The van der Waals surface area contributed by atoms with E-state index in [1.54, 1.807) is 37.6 Å². The van der Waals surface area contributed by atoms with Crippen LogP contribution < -0.4 is 20.7 Å². The Kier molecular flexibility index (Phi) is 6.90. The molecule has 0 saturated heterocycles. The normalized spacial score (nSPS) is 23.2. The third-order valence-corrected chi connectivity index (χ3v) is 6.95. The lowest BCUT2D eigenvalue weighted by atomic mass is 9.96. The molecule has 0 aliphatic heterocycles. The van der Waals surface area contributed by atoms with E-state index in [-0.39, 0.29) is 5.91 Å². The number of benzene rings is 2. The summed E-state index contributed by atoms with van der Waals surface area (Å²) >= 11 is 0. The fraction of sp³-hybridized carbons (Fsp3) is 0.370. The highest BCUT2D eigenvalue weighted by atomic mass is 16.5. The van der Waals surface area contributed by atoms with Crippen LogP contribution in [0.1, 0.15) is 48.2 Å². The number of aliphatic hydroxyl groups excluding tert-OH is 1. The molecule has 4 atom stereocenters. The first-order valence-electron chi connectivity index (χ1n) is 12.3. The van der Waals surface area contributed by atoms with Crippen LogP contribution in [-0.4, -0.2) is 46.3 Å². The summed E-state index contributed by atoms with van der Waals surface area (Å²) in [7, 11) is 1.56. The summed E-state index contributed by atoms with van der Waals surface area (Å²) in [6.07, 6.45) is 3.23. The summed E-state index contributed by atoms with van der Waals surface area (Å²) < 4.78 is 5.22. The van der Waals surface area contributed by atoms with Gasteiger partial charge in [0, 0.05) is 48.1 Å². The Bertz CT molecular complexity index is 1210. The average Bonchev–Trinajstić information content (AvgIpc) is 3.54. The van der Waals surface area contributed by atoms with Gasteiger partial charge in [-0.05, 0) is 37.0 Å². The largest absolute Gasteiger partial charge is 0.497 e. The first-order chi connectivity index (χ1) is 17.5. The van der Waals surface area contributed by atoms with Gasteiger partial charge in [-0.3, -0.25) is 4.79 Å². The Morgan fingerprint density at radius 1 is 1.14 bits per heavy atom. The van der Waals surface area contributed by atoms with Crippen LogP contribution in [0.2, 0.25) is 0 Å². The van der Waals surface area contributed by atoms with E-state index in [4.69, 9.17) is 4.74 Å². The highest BCUT2D eigenvalue weighted by molar-refractivity contribution is 5.90. The quantitative estimate of drug-likeness (QED) is 0.332. The Balaban J connectivity index is 1.31. The topological polar surface area (TPSA) is 128 Å². The Labute approximate surface area is 209 Å². The summed E-state index contributed by atoms with van der Waals surface area (Å²) in [5.74, 6) is 0.541. The molecule has 2 aliphatic carbocycles. The number of carbonyl (C=O) groups is 2. The molecule has 188 valence electrons. The van der Waals surface area contributed by atoms with Gasteiger partial charge in [-0.1, -0.05) is 36.4 Å². The molecule has 1 aromatic heterocycles. The minimum Gasteiger partial charge on any atom is -0.497 e. The molecule has 5 N–H and O–H groups in total. The van der Waals surface area contributed by atoms with Crippen molar-refractivity contribution >= 4 is 17.6 Å². The summed E-state index contributed by atoms with van der Waals surface area (Å²) in [6.45, 7) is 0.373. The Morgan fingerprint density at radius 2 is 1.94 bits per heavy atom. The predicted molar refractivity (Wildman–Crippen MR) is 135 cm³/mol. The van der Waals surface area contributed by atoms with E-state index < -0.39 is 30.0 Å². The zero-order valence-electron chi connectivity index (χ0n) is 20.1. The van der Waals surface area contributed by atoms with Gasteiger partial charge >= 0.3 is 6.03 Å². The fourth-order valence-electron chi connectivity index (χ4n) is 4.90. The van der Waals surface area contributed by atoms with E-state index in [0.717, 1.165) is 29.9 Å². The third kappa shape index (κ3) is 5.36. The number of ether oxygens (including phenoxy) is 1. The maximum atomic E-state index is 13.1. The van der Waals surface area contributed by atoms with Crippen LogP contribution in [0.5, 0.6) is 5.75 Å². The Hall–Kier alpha value is -3.85. The molecule has 2 fully saturated rings. The molecule has 3 amide bonds. The number of aromatic nitrogens is 2. The molecule has 2 aliphatic rings. The van der Waals surface area contributed by atoms with Crippen molar-refractivity contribution in [2.45, 2.75) is 49.8 Å². The second kappa shape index (κ2) is 10.4. The number of aromatic amines is 1. The number of nitrogens with one attached hydrogen (secondary N) is 4. The van der Waals surface area contributed by atoms with Gasteiger partial charge in [0.2, 0.25) is 5.91 Å². The van der Waals surface area contributed by atoms with E-state index >= 15 is 0 Å². The lowest BCUT2D eigenvalue weighted by Gasteiger charge is -2.22. The maximum absolute atomic E-state index is 13.1. The van der Waals surface area contributed by atoms with Gasteiger partial charge in [0.15, 0.2) is 0 Å². The monoisotopic (exact) mass is 489 g/mol. The predicted octanol–water partition coefficient (Wildman–Crippen LogP) is 3.27. The van der Waals surface area contributed by atoms with Gasteiger partial charge in [-0.25, -0.2) is 9.78 Å². The van der Waals surface area contributed by atoms with Crippen molar-refractivity contribution in [2.75, 3.05) is 12.4 Å². The number of rotatable bonds is 8. The number of hydrogen-bond donors (Lipinski definition) is 5. The van der Waals surface area contributed by atoms with Gasteiger partial charge in [-0.15, -0.1) is 0 Å². The van der Waals surface area contributed by atoms with Crippen LogP contribution in [0.3, 0.4) is 0 Å². The number of carbonyl (C=O) groups excluding carboxylic acids is 2. The molecule has 3 aromatic rings. The first-order valence-corrected chi connectivity index (χ1v) is 12.3. The van der Waals surface area contributed by atoms with Crippen molar-refractivity contribution < 1.29 is 19.4 Å². The van der Waals surface area contributed by atoms with E-state index in [1.807, 2.05) is 30.3 Å². The summed E-state index contributed by atoms with van der Waals surface area (Å²) in [6, 6.07) is 15.8. The highest BCUT2D eigenvalue weighted by Gasteiger charge is 2.48. The number of urea groups is 1. The lowest BCUT2D eigenvalue weighted by Crippen LogP contribution is -2.41. The van der Waals surface area contributed by atoms with Gasteiger partial charge in [0.1, 0.15) is 11.6 Å². The first kappa shape index (κ1) is 23.9. The molecular formula is C27H31N5O4. The van der Waals surface area contributed by atoms with Gasteiger partial charge < -0.3 is 30.8 Å². The third-order valence-electron chi connectivity index (χ3n) is 6.95. The van der Waals surface area contributed by atoms with Crippen LogP contribution in [0.25, 0.3) is 0 Å². The molecule has 5 rings (SSSR count). The van der Waals surface area contributed by atoms with Crippen molar-refractivity contribution in [1.82, 2.24) is 20.6 Å². The molecular weight excluding hydrogens is 458 g/mol. The number of aliphatic hydroxyl groups is 1. The number of imidazole rings is 1. The molecule has 1 heterocycles. The van der Waals surface area contributed by atoms with Crippen LogP contribution in [0.15, 0.2) is 60.8 Å². The SMILES string of the molecule is COc1cccc(NC(=O)N[C@@H]2C[C@H](C(=O)NCc3ccccc3)[C@@H](O)[C@H]2c2cnc(C3CC3)[nH]2)c1. The number of hydrogen-bond acceptors (Lipinski definition) is 5. The molecule has 2 aromatic carbocycles. The molecule has 0 spiro atoms. The van der Waals surface area contributed by atoms with E-state index in [9.17, 15) is 14.7 Å². The average molecular weight is 490 g/mol. The van der Waals surface area contributed by atoms with Crippen molar-refractivity contribution in [3.8, 4) is 5.75 Å². The number of anilines is 1. The highest BCUT2D eigenvalue weighted by Crippen LogP contribution is 2.42. The molecule has 9 heteroatoms. The number of amides is 3. The summed E-state index contributed by atoms with van der Waals surface area (Å²) in [5, 5.41) is 20.0. The number of methoxy groups -OCH3 is 1. The van der Waals surface area contributed by atoms with Gasteiger partial charge in [-0.2, -0.15) is 0 Å². The zero-order valence-corrected chi connectivity index (χ0v) is 20.1. The maximum Gasteiger partial charge on any atom is 0.319 e. The molecule has 2 saturated carbocycles. The lowest BCUT2D eigenvalue weighted by molar-refractivity contribution is -0.127. The molecule has 0 radical (unpaired) electrons. The minimum absolute atomic E-state index is 0.240. The van der Waals surface area contributed by atoms with Crippen molar-refractivity contribution in [2.24, 2.45) is 5.92 Å². The zero-order chi connectivity index (χ0) is 25.1. The fourth-order valence-corrected chi connectivity index (χ4v) is 4.90. The second-order valence-electron chi connectivity index (χ2n) is 9.50. The van der Waals surface area contributed by atoms with Crippen LogP contribution in [0.4, 0.5) is 10.5 Å². The van der Waals surface area contributed by atoms with E-state index in [1.165, 1.54) is 0 Å². The summed E-state index contributed by atoms with van der Waals surface area (Å²) in [4.78, 5) is 33.8. The molecule has 0 unspecified atom stereocenters. The molecule has 0 bridgehead atoms. The number of nitrogens with zero attached hydrogens (tertiary/aromatic N) is 1. The van der Waals surface area contributed by atoms with Crippen LogP contribution in [-0.2, 0) is 11.3 Å². The standard InChI is InChI=1S/C27H31N5O4/c1-36-19-9-5-8-18(12-19)30-27(35)32-21-13-20(26(34)29-14-16-6-3-2-4-7-16)24(33)23(21)22-15-28-25(31-22)17-10-11-17/h2-9,12,15,17,20-21,23-24,33H,10-11,13-14H2,1H3,(H,28,31)(H,29,34)(H2,30,32,35)/t20-,21+,23+,24+/m0/s1. The van der Waals surface area contributed by atoms with Gasteiger partial charge in [0.05, 0.1) is 19.1 Å². The molecule has 9 nitrogen and oxygen atoms in total. The van der Waals surface area contributed by atoms with E-state index in [0.29, 0.717) is 30.3 Å².